The maximum absolute atomic E-state index is 13.4. The summed E-state index contributed by atoms with van der Waals surface area (Å²) in [5, 5.41) is 0.887. The van der Waals surface area contributed by atoms with Crippen molar-refractivity contribution in [2.75, 3.05) is 65.6 Å². The van der Waals surface area contributed by atoms with E-state index in [1.54, 1.807) is 14.2 Å². The molecule has 4 rings (SSSR count). The van der Waals surface area contributed by atoms with Gasteiger partial charge in [-0.05, 0) is 79.6 Å². The zero-order chi connectivity index (χ0) is 28.2. The summed E-state index contributed by atoms with van der Waals surface area (Å²) in [5.74, 6) is 2.85. The Morgan fingerprint density at radius 2 is 1.38 bits per heavy atom. The minimum atomic E-state index is 0.0882. The fraction of sp³-hybridized carbons (Fsp3) is 0.469. The lowest BCUT2D eigenvalue weighted by atomic mass is 9.87. The molecule has 0 aromatic heterocycles. The fourth-order valence-electron chi connectivity index (χ4n) is 4.90. The Morgan fingerprint density at radius 1 is 0.825 bits per heavy atom. The SMILES string of the molecule is COc1cc(/C=C2\CCC/C(=C\c3ccc(OCCCN4CCOCC4)c(OC)c3)C2=O)ccc1OCCCBr. The van der Waals surface area contributed by atoms with Gasteiger partial charge in [0.1, 0.15) is 0 Å². The second-order valence-electron chi connectivity index (χ2n) is 9.89. The van der Waals surface area contributed by atoms with E-state index in [4.69, 9.17) is 23.7 Å². The average Bonchev–Trinajstić information content (AvgIpc) is 2.99. The molecule has 0 spiro atoms. The molecule has 0 atom stereocenters. The molecule has 0 N–H and O–H groups in total. The third kappa shape index (κ3) is 8.59. The fourth-order valence-corrected chi connectivity index (χ4v) is 5.13. The van der Waals surface area contributed by atoms with Crippen LogP contribution in [-0.4, -0.2) is 76.3 Å². The van der Waals surface area contributed by atoms with Crippen molar-refractivity contribution in [2.45, 2.75) is 32.1 Å². The molecule has 2 aromatic carbocycles. The van der Waals surface area contributed by atoms with E-state index in [0.29, 0.717) is 30.5 Å². The molecule has 0 bridgehead atoms. The number of hydrogen-bond acceptors (Lipinski definition) is 7. The molecule has 1 saturated heterocycles. The highest BCUT2D eigenvalue weighted by Gasteiger charge is 2.21. The van der Waals surface area contributed by atoms with Gasteiger partial charge >= 0.3 is 0 Å². The number of Topliss-reactive ketones (excluding diaryl/α,β-unsaturated/α-hetero) is 1. The topological polar surface area (TPSA) is 66.5 Å². The number of hydrogen-bond donors (Lipinski definition) is 0. The minimum Gasteiger partial charge on any atom is -0.493 e. The molecule has 2 fully saturated rings. The highest BCUT2D eigenvalue weighted by Crippen LogP contribution is 2.33. The minimum absolute atomic E-state index is 0.0882. The van der Waals surface area contributed by atoms with Crippen molar-refractivity contribution in [3.63, 3.8) is 0 Å². The van der Waals surface area contributed by atoms with Crippen LogP contribution < -0.4 is 18.9 Å². The van der Waals surface area contributed by atoms with Gasteiger partial charge in [0.25, 0.3) is 0 Å². The Bertz CT molecular complexity index is 1190. The largest absolute Gasteiger partial charge is 0.493 e. The monoisotopic (exact) mass is 613 g/mol. The van der Waals surface area contributed by atoms with Gasteiger partial charge in [0, 0.05) is 36.1 Å². The van der Waals surface area contributed by atoms with E-state index in [0.717, 1.165) is 98.3 Å². The summed E-state index contributed by atoms with van der Waals surface area (Å²) in [6, 6.07) is 11.6. The smallest absolute Gasteiger partial charge is 0.185 e. The summed E-state index contributed by atoms with van der Waals surface area (Å²) < 4.78 is 28.4. The van der Waals surface area contributed by atoms with E-state index in [9.17, 15) is 4.79 Å². The zero-order valence-corrected chi connectivity index (χ0v) is 25.2. The standard InChI is InChI=1S/C32H40BrNO6/c1-36-30-22-24(8-10-28(30)39-16-4-12-33)20-26-6-3-7-27(32(26)35)21-25-9-11-29(31(23-25)37-2)40-17-5-13-34-14-18-38-19-15-34/h8-11,20-23H,3-7,12-19H2,1-2H3/b26-20+,27-21+. The van der Waals surface area contributed by atoms with E-state index in [1.165, 1.54) is 0 Å². The Kier molecular flexibility index (Phi) is 11.9. The van der Waals surface area contributed by atoms with Gasteiger partial charge in [-0.2, -0.15) is 0 Å². The summed E-state index contributed by atoms with van der Waals surface area (Å²) in [7, 11) is 3.28. The van der Waals surface area contributed by atoms with Crippen molar-refractivity contribution < 1.29 is 28.5 Å². The quantitative estimate of drug-likeness (QED) is 0.152. The maximum atomic E-state index is 13.4. The highest BCUT2D eigenvalue weighted by atomic mass is 79.9. The summed E-state index contributed by atoms with van der Waals surface area (Å²) >= 11 is 3.42. The molecule has 2 aliphatic rings. The van der Waals surface area contributed by atoms with Crippen LogP contribution in [0.15, 0.2) is 47.5 Å². The number of carbonyl (C=O) groups excluding carboxylic acids is 1. The van der Waals surface area contributed by atoms with Gasteiger partial charge in [-0.15, -0.1) is 0 Å². The van der Waals surface area contributed by atoms with Crippen LogP contribution in [0.25, 0.3) is 12.2 Å². The normalized spacial score (nSPS) is 18.2. The van der Waals surface area contributed by atoms with Crippen molar-refractivity contribution in [1.82, 2.24) is 4.90 Å². The molecule has 0 radical (unpaired) electrons. The van der Waals surface area contributed by atoms with E-state index >= 15 is 0 Å². The molecule has 1 heterocycles. The van der Waals surface area contributed by atoms with Crippen molar-refractivity contribution in [2.24, 2.45) is 0 Å². The molecule has 7 nitrogen and oxygen atoms in total. The predicted molar refractivity (Wildman–Crippen MR) is 162 cm³/mol. The van der Waals surface area contributed by atoms with Gasteiger partial charge in [-0.1, -0.05) is 28.1 Å². The number of methoxy groups -OCH3 is 2. The van der Waals surface area contributed by atoms with Crippen LogP contribution in [-0.2, 0) is 9.53 Å². The molecular formula is C32H40BrNO6. The number of ketones is 1. The van der Waals surface area contributed by atoms with Gasteiger partial charge in [0.05, 0.1) is 40.6 Å². The lowest BCUT2D eigenvalue weighted by Crippen LogP contribution is -2.37. The first-order chi connectivity index (χ1) is 19.6. The molecule has 0 unspecified atom stereocenters. The van der Waals surface area contributed by atoms with Crippen molar-refractivity contribution in [3.8, 4) is 23.0 Å². The van der Waals surface area contributed by atoms with Gasteiger partial charge in [-0.3, -0.25) is 9.69 Å². The summed E-state index contributed by atoms with van der Waals surface area (Å²) in [5.41, 5.74) is 3.46. The van der Waals surface area contributed by atoms with Crippen LogP contribution >= 0.6 is 15.9 Å². The summed E-state index contributed by atoms with van der Waals surface area (Å²) in [6.07, 6.45) is 8.23. The lowest BCUT2D eigenvalue weighted by molar-refractivity contribution is -0.112. The van der Waals surface area contributed by atoms with Crippen molar-refractivity contribution in [1.29, 1.82) is 0 Å². The summed E-state index contributed by atoms with van der Waals surface area (Å²) in [4.78, 5) is 15.8. The zero-order valence-electron chi connectivity index (χ0n) is 23.6. The predicted octanol–water partition coefficient (Wildman–Crippen LogP) is 6.19. The molecule has 2 aromatic rings. The van der Waals surface area contributed by atoms with Crippen LogP contribution in [0.3, 0.4) is 0 Å². The van der Waals surface area contributed by atoms with Gasteiger partial charge in [0.15, 0.2) is 28.8 Å². The first-order valence-corrected chi connectivity index (χ1v) is 15.2. The second-order valence-corrected chi connectivity index (χ2v) is 10.7. The van der Waals surface area contributed by atoms with Crippen LogP contribution in [0, 0.1) is 0 Å². The Balaban J connectivity index is 1.40. The van der Waals surface area contributed by atoms with Crippen molar-refractivity contribution in [3.05, 3.63) is 58.7 Å². The number of nitrogens with zero attached hydrogens (tertiary/aromatic N) is 1. The van der Waals surface area contributed by atoms with Crippen LogP contribution in [0.1, 0.15) is 43.2 Å². The number of halogens is 1. The first kappa shape index (κ1) is 30.2. The van der Waals surface area contributed by atoms with E-state index in [-0.39, 0.29) is 5.78 Å². The third-order valence-corrected chi connectivity index (χ3v) is 7.61. The number of allylic oxidation sites excluding steroid dienone is 2. The Morgan fingerprint density at radius 3 is 1.90 bits per heavy atom. The second kappa shape index (κ2) is 15.8. The van der Waals surface area contributed by atoms with Gasteiger partial charge < -0.3 is 23.7 Å². The molecule has 1 aliphatic carbocycles. The molecule has 216 valence electrons. The van der Waals surface area contributed by atoms with Crippen LogP contribution in [0.5, 0.6) is 23.0 Å². The Hall–Kier alpha value is -2.81. The van der Waals surface area contributed by atoms with E-state index < -0.39 is 0 Å². The number of carbonyl (C=O) groups is 1. The van der Waals surface area contributed by atoms with Crippen LogP contribution in [0.4, 0.5) is 0 Å². The highest BCUT2D eigenvalue weighted by molar-refractivity contribution is 9.09. The molecule has 8 heteroatoms. The van der Waals surface area contributed by atoms with Crippen molar-refractivity contribution >= 4 is 33.9 Å². The molecular weight excluding hydrogens is 574 g/mol. The molecule has 1 saturated carbocycles. The number of benzene rings is 2. The third-order valence-electron chi connectivity index (χ3n) is 7.05. The molecule has 1 aliphatic heterocycles. The average molecular weight is 615 g/mol. The molecule has 0 amide bonds. The lowest BCUT2D eigenvalue weighted by Gasteiger charge is -2.26. The van der Waals surface area contributed by atoms with E-state index in [1.807, 2.05) is 48.6 Å². The number of ether oxygens (including phenoxy) is 5. The summed E-state index contributed by atoms with van der Waals surface area (Å²) in [6.45, 7) is 5.81. The van der Waals surface area contributed by atoms with Gasteiger partial charge in [0.2, 0.25) is 0 Å². The molecule has 40 heavy (non-hydrogen) atoms. The number of alkyl halides is 1. The van der Waals surface area contributed by atoms with Gasteiger partial charge in [-0.25, -0.2) is 0 Å². The first-order valence-electron chi connectivity index (χ1n) is 14.0. The number of morpholine rings is 1. The number of rotatable bonds is 13. The van der Waals surface area contributed by atoms with E-state index in [2.05, 4.69) is 20.8 Å². The maximum Gasteiger partial charge on any atom is 0.185 e. The van der Waals surface area contributed by atoms with Crippen LogP contribution in [0.2, 0.25) is 0 Å². The Labute approximate surface area is 246 Å².